The van der Waals surface area contributed by atoms with E-state index in [1.807, 2.05) is 4.68 Å². The Labute approximate surface area is 156 Å². The molecule has 2 aromatic carbocycles. The highest BCUT2D eigenvalue weighted by atomic mass is 79.9. The maximum absolute atomic E-state index is 4.45. The molecule has 4 rings (SSSR count). The molecule has 0 fully saturated rings. The summed E-state index contributed by atoms with van der Waals surface area (Å²) >= 11 is 3.51. The van der Waals surface area contributed by atoms with E-state index in [9.17, 15) is 0 Å². The zero-order chi connectivity index (χ0) is 17.4. The Kier molecular flexibility index (Phi) is 4.34. The number of rotatable bonds is 3. The van der Waals surface area contributed by atoms with Gasteiger partial charge in [0.1, 0.15) is 6.33 Å². The van der Waals surface area contributed by atoms with Gasteiger partial charge >= 0.3 is 0 Å². The van der Waals surface area contributed by atoms with Crippen LogP contribution in [0.2, 0.25) is 0 Å². The third-order valence-electron chi connectivity index (χ3n) is 4.89. The Morgan fingerprint density at radius 1 is 1.04 bits per heavy atom. The van der Waals surface area contributed by atoms with E-state index in [0.717, 1.165) is 16.8 Å². The van der Waals surface area contributed by atoms with Crippen molar-refractivity contribution in [2.24, 2.45) is 0 Å². The fourth-order valence-electron chi connectivity index (χ4n) is 3.41. The molecule has 5 heteroatoms. The summed E-state index contributed by atoms with van der Waals surface area (Å²) in [7, 11) is 0. The van der Waals surface area contributed by atoms with Crippen molar-refractivity contribution in [3.63, 3.8) is 0 Å². The summed E-state index contributed by atoms with van der Waals surface area (Å²) in [6.45, 7) is 4.44. The van der Waals surface area contributed by atoms with Gasteiger partial charge in [-0.05, 0) is 41.2 Å². The minimum absolute atomic E-state index is 0.189. The predicted octanol–water partition coefficient (Wildman–Crippen LogP) is 5.31. The minimum Gasteiger partial charge on any atom is -0.348 e. The van der Waals surface area contributed by atoms with E-state index in [2.05, 4.69) is 93.7 Å². The normalized spacial score (nSPS) is 19.5. The topological polar surface area (TPSA) is 42.7 Å². The van der Waals surface area contributed by atoms with Gasteiger partial charge in [0.2, 0.25) is 5.95 Å². The second kappa shape index (κ2) is 6.64. The van der Waals surface area contributed by atoms with Crippen LogP contribution in [-0.2, 0) is 0 Å². The zero-order valence-corrected chi connectivity index (χ0v) is 15.9. The lowest BCUT2D eigenvalue weighted by Crippen LogP contribution is -2.28. The van der Waals surface area contributed by atoms with Crippen LogP contribution in [0.25, 0.3) is 0 Å². The lowest BCUT2D eigenvalue weighted by molar-refractivity contribution is 0.430. The average Bonchev–Trinajstić information content (AvgIpc) is 3.10. The summed E-state index contributed by atoms with van der Waals surface area (Å²) in [5.74, 6) is 1.37. The molecule has 0 unspecified atom stereocenters. The molecule has 2 heterocycles. The van der Waals surface area contributed by atoms with Gasteiger partial charge in [-0.15, -0.1) is 0 Å². The second-order valence-electron chi connectivity index (χ2n) is 6.85. The van der Waals surface area contributed by atoms with Gasteiger partial charge in [-0.3, -0.25) is 0 Å². The molecule has 0 saturated heterocycles. The molecule has 0 saturated carbocycles. The van der Waals surface area contributed by atoms with E-state index in [4.69, 9.17) is 0 Å². The van der Waals surface area contributed by atoms with E-state index in [1.165, 1.54) is 16.7 Å². The van der Waals surface area contributed by atoms with Crippen molar-refractivity contribution in [2.45, 2.75) is 38.3 Å². The van der Waals surface area contributed by atoms with Crippen molar-refractivity contribution < 1.29 is 0 Å². The van der Waals surface area contributed by atoms with E-state index < -0.39 is 0 Å². The van der Waals surface area contributed by atoms with Gasteiger partial charge in [-0.1, -0.05) is 66.2 Å². The average molecular weight is 397 g/mol. The van der Waals surface area contributed by atoms with Crippen LogP contribution in [0.5, 0.6) is 0 Å². The summed E-state index contributed by atoms with van der Waals surface area (Å²) < 4.78 is 3.09. The van der Waals surface area contributed by atoms with Crippen molar-refractivity contribution in [1.82, 2.24) is 14.8 Å². The molecule has 25 heavy (non-hydrogen) atoms. The van der Waals surface area contributed by atoms with Gasteiger partial charge in [0.15, 0.2) is 0 Å². The number of hydrogen-bond donors (Lipinski definition) is 1. The molecular formula is C20H21BrN4. The first kappa shape index (κ1) is 16.3. The summed E-state index contributed by atoms with van der Waals surface area (Å²) in [4.78, 5) is 4.40. The SMILES string of the molecule is CC(C)c1ccc([C@@H]2C[C@H](c3ccc(Br)cc3)Nc3ncnn32)cc1. The van der Waals surface area contributed by atoms with Gasteiger partial charge in [-0.25, -0.2) is 4.68 Å². The first-order chi connectivity index (χ1) is 12.1. The Morgan fingerprint density at radius 2 is 1.72 bits per heavy atom. The summed E-state index contributed by atoms with van der Waals surface area (Å²) in [5, 5.41) is 7.97. The van der Waals surface area contributed by atoms with Gasteiger partial charge < -0.3 is 5.32 Å². The third kappa shape index (κ3) is 3.21. The Morgan fingerprint density at radius 3 is 2.40 bits per heavy atom. The maximum atomic E-state index is 4.45. The van der Waals surface area contributed by atoms with Crippen molar-refractivity contribution in [1.29, 1.82) is 0 Å². The summed E-state index contributed by atoms with van der Waals surface area (Å²) in [6, 6.07) is 17.8. The number of hydrogen-bond acceptors (Lipinski definition) is 3. The maximum Gasteiger partial charge on any atom is 0.222 e. The smallest absolute Gasteiger partial charge is 0.222 e. The third-order valence-corrected chi connectivity index (χ3v) is 5.42. The van der Waals surface area contributed by atoms with Crippen LogP contribution >= 0.6 is 15.9 Å². The van der Waals surface area contributed by atoms with Crippen LogP contribution in [0.15, 0.2) is 59.3 Å². The molecule has 0 bridgehead atoms. The highest BCUT2D eigenvalue weighted by Gasteiger charge is 2.29. The van der Waals surface area contributed by atoms with Crippen LogP contribution in [0.4, 0.5) is 5.95 Å². The zero-order valence-electron chi connectivity index (χ0n) is 14.4. The number of halogens is 1. The van der Waals surface area contributed by atoms with Crippen LogP contribution in [-0.4, -0.2) is 14.8 Å². The lowest BCUT2D eigenvalue weighted by atomic mass is 9.92. The number of aromatic nitrogens is 3. The van der Waals surface area contributed by atoms with Gasteiger partial charge in [0.05, 0.1) is 12.1 Å². The molecule has 0 spiro atoms. The Hall–Kier alpha value is -2.14. The molecule has 3 aromatic rings. The summed E-state index contributed by atoms with van der Waals surface area (Å²) in [5.41, 5.74) is 3.90. The molecule has 128 valence electrons. The quantitative estimate of drug-likeness (QED) is 0.651. The monoisotopic (exact) mass is 396 g/mol. The Balaban J connectivity index is 1.68. The van der Waals surface area contributed by atoms with Crippen molar-refractivity contribution >= 4 is 21.9 Å². The number of fused-ring (bicyclic) bond motifs is 1. The van der Waals surface area contributed by atoms with E-state index in [1.54, 1.807) is 6.33 Å². The number of benzene rings is 2. The standard InChI is InChI=1S/C20H21BrN4/c1-13(2)14-3-5-16(6-4-14)19-11-18(15-7-9-17(21)10-8-15)24-20-22-12-23-25(19)20/h3-10,12-13,18-19H,11H2,1-2H3,(H,22,23,24)/t18-,19+/m1/s1. The lowest BCUT2D eigenvalue weighted by Gasteiger charge is -2.32. The molecule has 4 nitrogen and oxygen atoms in total. The fourth-order valence-corrected chi connectivity index (χ4v) is 3.68. The number of anilines is 1. The molecule has 2 atom stereocenters. The highest BCUT2D eigenvalue weighted by Crippen LogP contribution is 2.37. The molecule has 0 radical (unpaired) electrons. The largest absolute Gasteiger partial charge is 0.348 e. The van der Waals surface area contributed by atoms with Crippen molar-refractivity contribution in [3.05, 3.63) is 76.0 Å². The minimum atomic E-state index is 0.189. The highest BCUT2D eigenvalue weighted by molar-refractivity contribution is 9.10. The number of nitrogens with one attached hydrogen (secondary N) is 1. The molecule has 1 N–H and O–H groups in total. The predicted molar refractivity (Wildman–Crippen MR) is 104 cm³/mol. The van der Waals surface area contributed by atoms with Crippen molar-refractivity contribution in [3.8, 4) is 0 Å². The molecular weight excluding hydrogens is 376 g/mol. The van der Waals surface area contributed by atoms with E-state index in [0.29, 0.717) is 5.92 Å². The fraction of sp³-hybridized carbons (Fsp3) is 0.300. The molecule has 1 aromatic heterocycles. The first-order valence-electron chi connectivity index (χ1n) is 8.63. The molecule has 1 aliphatic heterocycles. The first-order valence-corrected chi connectivity index (χ1v) is 9.42. The molecule has 0 aliphatic carbocycles. The molecule has 1 aliphatic rings. The van der Waals surface area contributed by atoms with E-state index in [-0.39, 0.29) is 12.1 Å². The van der Waals surface area contributed by atoms with Crippen LogP contribution in [0.1, 0.15) is 55.0 Å². The second-order valence-corrected chi connectivity index (χ2v) is 7.77. The van der Waals surface area contributed by atoms with Gasteiger partial charge in [0, 0.05) is 4.47 Å². The van der Waals surface area contributed by atoms with Crippen LogP contribution in [0, 0.1) is 0 Å². The van der Waals surface area contributed by atoms with Crippen LogP contribution < -0.4 is 5.32 Å². The van der Waals surface area contributed by atoms with Crippen molar-refractivity contribution in [2.75, 3.05) is 5.32 Å². The Bertz CT molecular complexity index is 852. The van der Waals surface area contributed by atoms with E-state index >= 15 is 0 Å². The van der Waals surface area contributed by atoms with Gasteiger partial charge in [0.25, 0.3) is 0 Å². The number of nitrogens with zero attached hydrogens (tertiary/aromatic N) is 3. The van der Waals surface area contributed by atoms with Gasteiger partial charge in [-0.2, -0.15) is 10.1 Å². The summed E-state index contributed by atoms with van der Waals surface area (Å²) in [6.07, 6.45) is 2.57. The molecule has 0 amide bonds. The van der Waals surface area contributed by atoms with Crippen LogP contribution in [0.3, 0.4) is 0 Å².